The standard InChI is InChI=1S/C13H15FN2S2/c1-15-11(6-13-7-16-9-18-13)8-17-12-4-2-3-10(14)5-12/h2-5,7,9,11,15H,6,8H2,1H3. The van der Waals surface area contributed by atoms with Gasteiger partial charge in [-0.05, 0) is 31.7 Å². The van der Waals surface area contributed by atoms with Crippen molar-refractivity contribution >= 4 is 23.1 Å². The molecule has 2 aromatic rings. The summed E-state index contributed by atoms with van der Waals surface area (Å²) in [6, 6.07) is 7.10. The van der Waals surface area contributed by atoms with Crippen molar-refractivity contribution in [1.82, 2.24) is 10.3 Å². The minimum atomic E-state index is -0.177. The summed E-state index contributed by atoms with van der Waals surface area (Å²) in [5.41, 5.74) is 1.85. The quantitative estimate of drug-likeness (QED) is 0.824. The van der Waals surface area contributed by atoms with Crippen molar-refractivity contribution in [2.75, 3.05) is 12.8 Å². The molecule has 1 unspecified atom stereocenters. The molecule has 1 heterocycles. The zero-order chi connectivity index (χ0) is 12.8. The van der Waals surface area contributed by atoms with Crippen LogP contribution in [0.2, 0.25) is 0 Å². The fourth-order valence-corrected chi connectivity index (χ4v) is 3.31. The molecular formula is C13H15FN2S2. The normalized spacial score (nSPS) is 12.6. The van der Waals surface area contributed by atoms with E-state index in [1.54, 1.807) is 35.2 Å². The van der Waals surface area contributed by atoms with Crippen molar-refractivity contribution in [2.24, 2.45) is 0 Å². The van der Waals surface area contributed by atoms with Crippen LogP contribution in [0.3, 0.4) is 0 Å². The van der Waals surface area contributed by atoms with Crippen molar-refractivity contribution in [2.45, 2.75) is 17.4 Å². The molecule has 0 saturated carbocycles. The van der Waals surface area contributed by atoms with Crippen molar-refractivity contribution in [3.8, 4) is 0 Å². The van der Waals surface area contributed by atoms with Gasteiger partial charge in [-0.25, -0.2) is 4.39 Å². The first-order valence-electron chi connectivity index (χ1n) is 5.71. The molecule has 1 aromatic heterocycles. The highest BCUT2D eigenvalue weighted by Crippen LogP contribution is 2.21. The number of benzene rings is 1. The summed E-state index contributed by atoms with van der Waals surface area (Å²) in [7, 11) is 1.96. The predicted octanol–water partition coefficient (Wildman–Crippen LogP) is 3.21. The van der Waals surface area contributed by atoms with Gasteiger partial charge in [-0.1, -0.05) is 6.07 Å². The molecule has 5 heteroatoms. The average molecular weight is 282 g/mol. The van der Waals surface area contributed by atoms with Gasteiger partial charge >= 0.3 is 0 Å². The number of likely N-dealkylation sites (N-methyl/N-ethyl adjacent to an activating group) is 1. The molecule has 1 N–H and O–H groups in total. The first kappa shape index (κ1) is 13.5. The number of halogens is 1. The first-order valence-corrected chi connectivity index (χ1v) is 7.57. The van der Waals surface area contributed by atoms with Gasteiger partial charge in [-0.2, -0.15) is 0 Å². The zero-order valence-corrected chi connectivity index (χ0v) is 11.7. The molecule has 0 aliphatic heterocycles. The van der Waals surface area contributed by atoms with Crippen LogP contribution in [0, 0.1) is 5.82 Å². The Morgan fingerprint density at radius 3 is 3.06 bits per heavy atom. The molecule has 0 fully saturated rings. The minimum Gasteiger partial charge on any atom is -0.316 e. The number of hydrogen-bond donors (Lipinski definition) is 1. The van der Waals surface area contributed by atoms with Gasteiger partial charge in [0.25, 0.3) is 0 Å². The molecule has 1 aromatic carbocycles. The molecule has 0 spiro atoms. The van der Waals surface area contributed by atoms with Crippen molar-refractivity contribution in [1.29, 1.82) is 0 Å². The molecule has 2 nitrogen and oxygen atoms in total. The third kappa shape index (κ3) is 4.08. The molecular weight excluding hydrogens is 267 g/mol. The maximum Gasteiger partial charge on any atom is 0.124 e. The third-order valence-electron chi connectivity index (χ3n) is 2.59. The third-order valence-corrected chi connectivity index (χ3v) is 4.54. The summed E-state index contributed by atoms with van der Waals surface area (Å²) in [5, 5.41) is 3.29. The number of thioether (sulfide) groups is 1. The largest absolute Gasteiger partial charge is 0.316 e. The Labute approximate surface area is 115 Å². The second-order valence-electron chi connectivity index (χ2n) is 3.93. The van der Waals surface area contributed by atoms with E-state index in [2.05, 4.69) is 10.3 Å². The van der Waals surface area contributed by atoms with E-state index in [-0.39, 0.29) is 5.82 Å². The van der Waals surface area contributed by atoms with Crippen LogP contribution in [0.1, 0.15) is 4.88 Å². The second-order valence-corrected chi connectivity index (χ2v) is 5.99. The van der Waals surface area contributed by atoms with Gasteiger partial charge in [0.1, 0.15) is 5.82 Å². The van der Waals surface area contributed by atoms with Crippen LogP contribution in [0.25, 0.3) is 0 Å². The first-order chi connectivity index (χ1) is 8.78. The van der Waals surface area contributed by atoms with E-state index in [1.807, 2.05) is 24.8 Å². The maximum atomic E-state index is 13.0. The maximum absolute atomic E-state index is 13.0. The number of nitrogens with zero attached hydrogens (tertiary/aromatic N) is 1. The second kappa shape index (κ2) is 6.87. The van der Waals surface area contributed by atoms with Gasteiger partial charge in [-0.15, -0.1) is 23.1 Å². The summed E-state index contributed by atoms with van der Waals surface area (Å²) >= 11 is 3.34. The van der Waals surface area contributed by atoms with Crippen molar-refractivity contribution in [3.05, 3.63) is 46.7 Å². The Hall–Kier alpha value is -0.910. The van der Waals surface area contributed by atoms with Gasteiger partial charge in [-0.3, -0.25) is 4.98 Å². The van der Waals surface area contributed by atoms with Crippen LogP contribution in [0.4, 0.5) is 4.39 Å². The molecule has 1 atom stereocenters. The molecule has 96 valence electrons. The Balaban J connectivity index is 1.87. The lowest BCUT2D eigenvalue weighted by molar-refractivity contribution is 0.619. The number of hydrogen-bond acceptors (Lipinski definition) is 4. The van der Waals surface area contributed by atoms with Crippen LogP contribution in [0.5, 0.6) is 0 Å². The Bertz CT molecular complexity index is 474. The lowest BCUT2D eigenvalue weighted by Gasteiger charge is -2.14. The number of thiazole rings is 1. The highest BCUT2D eigenvalue weighted by atomic mass is 32.2. The van der Waals surface area contributed by atoms with Gasteiger partial charge < -0.3 is 5.32 Å². The molecule has 0 radical (unpaired) electrons. The number of aromatic nitrogens is 1. The number of nitrogens with one attached hydrogen (secondary N) is 1. The Morgan fingerprint density at radius 1 is 1.50 bits per heavy atom. The highest BCUT2D eigenvalue weighted by molar-refractivity contribution is 7.99. The van der Waals surface area contributed by atoms with Gasteiger partial charge in [0.2, 0.25) is 0 Å². The van der Waals surface area contributed by atoms with E-state index >= 15 is 0 Å². The lowest BCUT2D eigenvalue weighted by atomic mass is 10.2. The molecule has 0 saturated heterocycles. The monoisotopic (exact) mass is 282 g/mol. The molecule has 0 aliphatic carbocycles. The SMILES string of the molecule is CNC(CSc1cccc(F)c1)Cc1cncs1. The van der Waals surface area contributed by atoms with E-state index < -0.39 is 0 Å². The van der Waals surface area contributed by atoms with E-state index in [4.69, 9.17) is 0 Å². The zero-order valence-electron chi connectivity index (χ0n) is 10.1. The molecule has 0 bridgehead atoms. The van der Waals surface area contributed by atoms with Crippen molar-refractivity contribution < 1.29 is 4.39 Å². The molecule has 18 heavy (non-hydrogen) atoms. The van der Waals surface area contributed by atoms with E-state index in [9.17, 15) is 4.39 Å². The average Bonchev–Trinajstić information content (AvgIpc) is 2.87. The molecule has 0 amide bonds. The fraction of sp³-hybridized carbons (Fsp3) is 0.308. The van der Waals surface area contributed by atoms with Crippen LogP contribution in [-0.4, -0.2) is 23.8 Å². The van der Waals surface area contributed by atoms with Gasteiger partial charge in [0.15, 0.2) is 0 Å². The van der Waals surface area contributed by atoms with E-state index in [0.717, 1.165) is 17.1 Å². The van der Waals surface area contributed by atoms with E-state index in [0.29, 0.717) is 6.04 Å². The van der Waals surface area contributed by atoms with E-state index in [1.165, 1.54) is 10.9 Å². The summed E-state index contributed by atoms with van der Waals surface area (Å²) in [5.74, 6) is 0.737. The molecule has 2 rings (SSSR count). The Kier molecular flexibility index (Phi) is 5.16. The summed E-state index contributed by atoms with van der Waals surface area (Å²) in [6.07, 6.45) is 2.87. The smallest absolute Gasteiger partial charge is 0.124 e. The number of rotatable bonds is 6. The predicted molar refractivity (Wildman–Crippen MR) is 75.8 cm³/mol. The summed E-state index contributed by atoms with van der Waals surface area (Å²) in [4.78, 5) is 6.32. The lowest BCUT2D eigenvalue weighted by Crippen LogP contribution is -2.29. The fourth-order valence-electron chi connectivity index (χ4n) is 1.58. The highest BCUT2D eigenvalue weighted by Gasteiger charge is 2.09. The van der Waals surface area contributed by atoms with Gasteiger partial charge in [0, 0.05) is 27.8 Å². The van der Waals surface area contributed by atoms with Crippen LogP contribution in [-0.2, 0) is 6.42 Å². The summed E-state index contributed by atoms with van der Waals surface area (Å²) in [6.45, 7) is 0. The Morgan fingerprint density at radius 2 is 2.39 bits per heavy atom. The van der Waals surface area contributed by atoms with Crippen LogP contribution in [0.15, 0.2) is 40.9 Å². The van der Waals surface area contributed by atoms with Gasteiger partial charge in [0.05, 0.1) is 5.51 Å². The van der Waals surface area contributed by atoms with Crippen LogP contribution >= 0.6 is 23.1 Å². The topological polar surface area (TPSA) is 24.9 Å². The van der Waals surface area contributed by atoms with Crippen molar-refractivity contribution in [3.63, 3.8) is 0 Å². The minimum absolute atomic E-state index is 0.177. The summed E-state index contributed by atoms with van der Waals surface area (Å²) < 4.78 is 13.0. The molecule has 0 aliphatic rings. The van der Waals surface area contributed by atoms with Crippen LogP contribution < -0.4 is 5.32 Å².